The Kier molecular flexibility index (Phi) is 5.76. The second kappa shape index (κ2) is 7.57. The van der Waals surface area contributed by atoms with E-state index in [2.05, 4.69) is 43.1 Å². The van der Waals surface area contributed by atoms with Crippen molar-refractivity contribution in [1.82, 2.24) is 5.32 Å². The first-order valence-corrected chi connectivity index (χ1v) is 8.21. The van der Waals surface area contributed by atoms with Crippen molar-refractivity contribution in [2.24, 2.45) is 0 Å². The summed E-state index contributed by atoms with van der Waals surface area (Å²) in [5.74, 6) is -0.182. The summed E-state index contributed by atoms with van der Waals surface area (Å²) in [7, 11) is 0. The minimum absolute atomic E-state index is 0.182. The molecule has 1 N–H and O–H groups in total. The minimum atomic E-state index is -0.182. The highest BCUT2D eigenvalue weighted by atomic mass is 32.1. The standard InChI is InChI=1S/C17H23FN2S/c1-4-20(15-7-5-6-14(18)10-15)12-17-9-8-16(21-17)11-19-13(2)3/h5-10,13,19H,4,11-12H2,1-3H3. The van der Waals surface area contributed by atoms with Crippen LogP contribution in [0.2, 0.25) is 0 Å². The van der Waals surface area contributed by atoms with Gasteiger partial charge in [-0.25, -0.2) is 4.39 Å². The molecule has 0 spiro atoms. The molecular weight excluding hydrogens is 283 g/mol. The quantitative estimate of drug-likeness (QED) is 0.815. The lowest BCUT2D eigenvalue weighted by Crippen LogP contribution is -2.21. The van der Waals surface area contributed by atoms with Crippen molar-refractivity contribution >= 4 is 17.0 Å². The van der Waals surface area contributed by atoms with Crippen molar-refractivity contribution in [3.8, 4) is 0 Å². The van der Waals surface area contributed by atoms with Gasteiger partial charge in [0.1, 0.15) is 5.82 Å². The van der Waals surface area contributed by atoms with E-state index in [-0.39, 0.29) is 5.82 Å². The Labute approximate surface area is 130 Å². The largest absolute Gasteiger partial charge is 0.367 e. The Morgan fingerprint density at radius 2 is 1.95 bits per heavy atom. The summed E-state index contributed by atoms with van der Waals surface area (Å²) in [6.07, 6.45) is 0. The molecule has 0 unspecified atom stereocenters. The number of thiophene rings is 1. The van der Waals surface area contributed by atoms with Gasteiger partial charge < -0.3 is 10.2 Å². The Morgan fingerprint density at radius 1 is 1.19 bits per heavy atom. The molecule has 4 heteroatoms. The Hall–Kier alpha value is -1.39. The number of nitrogens with one attached hydrogen (secondary N) is 1. The molecule has 0 atom stereocenters. The van der Waals surface area contributed by atoms with Gasteiger partial charge in [0.2, 0.25) is 0 Å². The number of anilines is 1. The lowest BCUT2D eigenvalue weighted by Gasteiger charge is -2.22. The normalized spacial score (nSPS) is 11.1. The summed E-state index contributed by atoms with van der Waals surface area (Å²) < 4.78 is 13.4. The number of halogens is 1. The summed E-state index contributed by atoms with van der Waals surface area (Å²) in [4.78, 5) is 4.84. The molecule has 2 nitrogen and oxygen atoms in total. The lowest BCUT2D eigenvalue weighted by molar-refractivity contribution is 0.593. The minimum Gasteiger partial charge on any atom is -0.367 e. The fourth-order valence-electron chi connectivity index (χ4n) is 2.15. The molecule has 2 rings (SSSR count). The number of nitrogens with zero attached hydrogens (tertiary/aromatic N) is 1. The maximum absolute atomic E-state index is 13.4. The van der Waals surface area contributed by atoms with Gasteiger partial charge >= 0.3 is 0 Å². The van der Waals surface area contributed by atoms with Crippen LogP contribution in [0.4, 0.5) is 10.1 Å². The van der Waals surface area contributed by atoms with E-state index in [4.69, 9.17) is 0 Å². The Morgan fingerprint density at radius 3 is 2.62 bits per heavy atom. The van der Waals surface area contributed by atoms with E-state index < -0.39 is 0 Å². The van der Waals surface area contributed by atoms with Crippen LogP contribution in [0.1, 0.15) is 30.5 Å². The maximum Gasteiger partial charge on any atom is 0.125 e. The van der Waals surface area contributed by atoms with Crippen molar-refractivity contribution in [3.63, 3.8) is 0 Å². The second-order valence-electron chi connectivity index (χ2n) is 5.40. The molecule has 114 valence electrons. The average Bonchev–Trinajstić information content (AvgIpc) is 2.90. The van der Waals surface area contributed by atoms with Gasteiger partial charge in [0.25, 0.3) is 0 Å². The molecule has 0 aliphatic carbocycles. The highest BCUT2D eigenvalue weighted by Crippen LogP contribution is 2.22. The van der Waals surface area contributed by atoms with Crippen LogP contribution in [0.15, 0.2) is 36.4 Å². The third-order valence-corrected chi connectivity index (χ3v) is 4.37. The first-order valence-electron chi connectivity index (χ1n) is 7.40. The van der Waals surface area contributed by atoms with Gasteiger partial charge in [-0.15, -0.1) is 11.3 Å². The third kappa shape index (κ3) is 4.83. The first-order chi connectivity index (χ1) is 10.1. The van der Waals surface area contributed by atoms with Crippen molar-refractivity contribution in [2.75, 3.05) is 11.4 Å². The van der Waals surface area contributed by atoms with Crippen LogP contribution in [0.25, 0.3) is 0 Å². The van der Waals surface area contributed by atoms with E-state index in [1.54, 1.807) is 12.1 Å². The first kappa shape index (κ1) is 16.0. The van der Waals surface area contributed by atoms with E-state index in [0.717, 1.165) is 25.3 Å². The maximum atomic E-state index is 13.4. The topological polar surface area (TPSA) is 15.3 Å². The summed E-state index contributed by atoms with van der Waals surface area (Å²) in [6.45, 7) is 9.00. The van der Waals surface area contributed by atoms with E-state index in [1.807, 2.05) is 17.4 Å². The number of benzene rings is 1. The number of hydrogen-bond donors (Lipinski definition) is 1. The van der Waals surface area contributed by atoms with Crippen molar-refractivity contribution in [2.45, 2.75) is 39.9 Å². The van der Waals surface area contributed by atoms with Crippen molar-refractivity contribution in [1.29, 1.82) is 0 Å². The molecule has 0 amide bonds. The monoisotopic (exact) mass is 306 g/mol. The van der Waals surface area contributed by atoms with Gasteiger partial charge in [-0.05, 0) is 37.3 Å². The zero-order valence-electron chi connectivity index (χ0n) is 12.9. The molecule has 0 bridgehead atoms. The molecule has 2 aromatic rings. The van der Waals surface area contributed by atoms with Crippen LogP contribution in [-0.2, 0) is 13.1 Å². The van der Waals surface area contributed by atoms with E-state index >= 15 is 0 Å². The summed E-state index contributed by atoms with van der Waals surface area (Å²) in [5, 5.41) is 3.43. The van der Waals surface area contributed by atoms with Crippen molar-refractivity contribution in [3.05, 3.63) is 52.0 Å². The summed E-state index contributed by atoms with van der Waals surface area (Å²) in [5.41, 5.74) is 0.938. The van der Waals surface area contributed by atoms with Gasteiger partial charge in [0.15, 0.2) is 0 Å². The summed E-state index contributed by atoms with van der Waals surface area (Å²) in [6, 6.07) is 11.6. The molecule has 0 aliphatic rings. The zero-order valence-corrected chi connectivity index (χ0v) is 13.7. The number of rotatable bonds is 7. The van der Waals surface area contributed by atoms with Gasteiger partial charge in [-0.3, -0.25) is 0 Å². The van der Waals surface area contributed by atoms with E-state index in [1.165, 1.54) is 15.8 Å². The van der Waals surface area contributed by atoms with Crippen LogP contribution >= 0.6 is 11.3 Å². The van der Waals surface area contributed by atoms with Gasteiger partial charge in [0.05, 0.1) is 6.54 Å². The average molecular weight is 306 g/mol. The molecule has 0 saturated heterocycles. The Bertz CT molecular complexity index is 565. The molecule has 0 fully saturated rings. The number of hydrogen-bond acceptors (Lipinski definition) is 3. The van der Waals surface area contributed by atoms with E-state index in [0.29, 0.717) is 6.04 Å². The van der Waals surface area contributed by atoms with Crippen LogP contribution < -0.4 is 10.2 Å². The Balaban J connectivity index is 2.02. The molecule has 1 heterocycles. The van der Waals surface area contributed by atoms with Gasteiger partial charge in [0, 0.05) is 34.6 Å². The predicted octanol–water partition coefficient (Wildman–Crippen LogP) is 4.41. The second-order valence-corrected chi connectivity index (χ2v) is 6.65. The van der Waals surface area contributed by atoms with Crippen LogP contribution in [0, 0.1) is 5.82 Å². The molecule has 0 saturated carbocycles. The van der Waals surface area contributed by atoms with Crippen LogP contribution in [0.3, 0.4) is 0 Å². The third-order valence-electron chi connectivity index (χ3n) is 3.30. The zero-order chi connectivity index (χ0) is 15.2. The molecule has 1 aromatic carbocycles. The fraction of sp³-hybridized carbons (Fsp3) is 0.412. The predicted molar refractivity (Wildman–Crippen MR) is 89.4 cm³/mol. The SMILES string of the molecule is CCN(Cc1ccc(CNC(C)C)s1)c1cccc(F)c1. The molecule has 0 radical (unpaired) electrons. The van der Waals surface area contributed by atoms with Crippen molar-refractivity contribution < 1.29 is 4.39 Å². The molecule has 21 heavy (non-hydrogen) atoms. The van der Waals surface area contributed by atoms with Crippen LogP contribution in [0.5, 0.6) is 0 Å². The van der Waals surface area contributed by atoms with Gasteiger partial charge in [-0.1, -0.05) is 19.9 Å². The van der Waals surface area contributed by atoms with Crippen LogP contribution in [-0.4, -0.2) is 12.6 Å². The highest BCUT2D eigenvalue weighted by molar-refractivity contribution is 7.12. The lowest BCUT2D eigenvalue weighted by atomic mass is 10.2. The molecule has 0 aliphatic heterocycles. The van der Waals surface area contributed by atoms with Gasteiger partial charge in [-0.2, -0.15) is 0 Å². The smallest absolute Gasteiger partial charge is 0.125 e. The van der Waals surface area contributed by atoms with E-state index in [9.17, 15) is 4.39 Å². The molecular formula is C17H23FN2S. The molecule has 1 aromatic heterocycles. The highest BCUT2D eigenvalue weighted by Gasteiger charge is 2.08. The fourth-order valence-corrected chi connectivity index (χ4v) is 3.14. The summed E-state index contributed by atoms with van der Waals surface area (Å²) >= 11 is 1.82.